The van der Waals surface area contributed by atoms with Crippen LogP contribution in [0.4, 0.5) is 0 Å². The monoisotopic (exact) mass is 508 g/mol. The Morgan fingerprint density at radius 1 is 1.12 bits per heavy atom. The van der Waals surface area contributed by atoms with Gasteiger partial charge in [0.2, 0.25) is 10.0 Å². The van der Waals surface area contributed by atoms with Crippen molar-refractivity contribution in [2.24, 2.45) is 0 Å². The summed E-state index contributed by atoms with van der Waals surface area (Å²) in [5, 5.41) is 1.55. The third kappa shape index (κ3) is 5.38. The minimum Gasteiger partial charge on any atom is -0.466 e. The van der Waals surface area contributed by atoms with E-state index >= 15 is 0 Å². The van der Waals surface area contributed by atoms with Crippen molar-refractivity contribution in [3.63, 3.8) is 0 Å². The Balaban J connectivity index is 1.75. The van der Waals surface area contributed by atoms with Gasteiger partial charge < -0.3 is 9.72 Å². The van der Waals surface area contributed by atoms with Gasteiger partial charge >= 0.3 is 5.97 Å². The zero-order valence-electron chi connectivity index (χ0n) is 18.3. The van der Waals surface area contributed by atoms with E-state index in [1.165, 1.54) is 6.92 Å². The van der Waals surface area contributed by atoms with Gasteiger partial charge in [0.1, 0.15) is 4.90 Å². The topological polar surface area (TPSA) is 88.3 Å². The van der Waals surface area contributed by atoms with Crippen molar-refractivity contribution in [3.8, 4) is 11.3 Å². The molecule has 1 heterocycles. The van der Waals surface area contributed by atoms with Crippen LogP contribution in [0.2, 0.25) is 10.0 Å². The van der Waals surface area contributed by atoms with Crippen LogP contribution in [-0.4, -0.2) is 32.0 Å². The van der Waals surface area contributed by atoms with Crippen molar-refractivity contribution in [2.75, 3.05) is 6.61 Å². The summed E-state index contributed by atoms with van der Waals surface area (Å²) >= 11 is 12.8. The molecule has 1 aliphatic rings. The molecule has 0 aliphatic heterocycles. The van der Waals surface area contributed by atoms with Gasteiger partial charge in [0.05, 0.1) is 16.7 Å². The van der Waals surface area contributed by atoms with E-state index in [-0.39, 0.29) is 28.5 Å². The lowest BCUT2D eigenvalue weighted by Crippen LogP contribution is -2.36. The molecule has 176 valence electrons. The summed E-state index contributed by atoms with van der Waals surface area (Å²) in [6.07, 6.45) is 5.25. The van der Waals surface area contributed by atoms with E-state index in [9.17, 15) is 13.2 Å². The molecular formula is C24H26Cl2N2O4S. The maximum atomic E-state index is 13.2. The normalized spacial score (nSPS) is 15.1. The quantitative estimate of drug-likeness (QED) is 0.391. The van der Waals surface area contributed by atoms with Crippen molar-refractivity contribution in [1.82, 2.24) is 9.71 Å². The molecule has 3 aromatic rings. The summed E-state index contributed by atoms with van der Waals surface area (Å²) in [5.41, 5.74) is 3.04. The summed E-state index contributed by atoms with van der Waals surface area (Å²) in [7, 11) is -3.79. The number of rotatable bonds is 7. The number of hydrogen-bond donors (Lipinski definition) is 2. The number of aromatic nitrogens is 1. The number of sulfonamides is 1. The van der Waals surface area contributed by atoms with Crippen LogP contribution in [0.3, 0.4) is 0 Å². The van der Waals surface area contributed by atoms with Gasteiger partial charge in [-0.05, 0) is 48.2 Å². The van der Waals surface area contributed by atoms with Crippen LogP contribution in [0.1, 0.15) is 44.6 Å². The van der Waals surface area contributed by atoms with Crippen molar-refractivity contribution in [3.05, 3.63) is 52.0 Å². The molecular weight excluding hydrogens is 483 g/mol. The number of ether oxygens (including phenoxy) is 1. The number of fused-ring (bicyclic) bond motifs is 1. The lowest BCUT2D eigenvalue weighted by Gasteiger charge is -2.23. The van der Waals surface area contributed by atoms with Gasteiger partial charge in [-0.15, -0.1) is 0 Å². The summed E-state index contributed by atoms with van der Waals surface area (Å²) in [6, 6.07) is 10.4. The van der Waals surface area contributed by atoms with Crippen molar-refractivity contribution in [2.45, 2.75) is 56.4 Å². The molecule has 4 rings (SSSR count). The van der Waals surface area contributed by atoms with Gasteiger partial charge in [0.15, 0.2) is 0 Å². The van der Waals surface area contributed by atoms with E-state index in [4.69, 9.17) is 27.9 Å². The Morgan fingerprint density at radius 3 is 2.61 bits per heavy atom. The minimum absolute atomic E-state index is 0.0444. The Labute approximate surface area is 203 Å². The first-order valence-electron chi connectivity index (χ1n) is 11.0. The molecule has 6 nitrogen and oxygen atoms in total. The summed E-state index contributed by atoms with van der Waals surface area (Å²) in [6.45, 7) is 1.54. The van der Waals surface area contributed by atoms with Crippen LogP contribution >= 0.6 is 23.2 Å². The fourth-order valence-electron chi connectivity index (χ4n) is 4.43. The number of halogens is 2. The van der Waals surface area contributed by atoms with E-state index in [1.807, 2.05) is 12.1 Å². The van der Waals surface area contributed by atoms with Crippen molar-refractivity contribution < 1.29 is 17.9 Å². The summed E-state index contributed by atoms with van der Waals surface area (Å²) < 4.78 is 34.3. The van der Waals surface area contributed by atoms with Gasteiger partial charge in [-0.25, -0.2) is 13.1 Å². The standard InChI is InChI=1S/C24H26Cl2N2O4S/c1-15(29)32-13-12-18-23-20(26)8-5-9-21(23)27-24(18)16-10-11-19(25)22(14-16)33(30,31)28-17-6-3-2-4-7-17/h5,8-11,14,17,27-28H,2-4,6-7,12-13H2,1H3. The predicted octanol–water partition coefficient (Wildman–Crippen LogP) is 5.86. The second-order valence-corrected chi connectivity index (χ2v) is 10.8. The smallest absolute Gasteiger partial charge is 0.302 e. The molecule has 1 fully saturated rings. The van der Waals surface area contributed by atoms with E-state index in [2.05, 4.69) is 9.71 Å². The van der Waals surface area contributed by atoms with Crippen LogP contribution in [0.25, 0.3) is 22.2 Å². The second-order valence-electron chi connectivity index (χ2n) is 8.33. The molecule has 1 aliphatic carbocycles. The molecule has 0 bridgehead atoms. The molecule has 1 aromatic heterocycles. The lowest BCUT2D eigenvalue weighted by molar-refractivity contribution is -0.140. The number of benzene rings is 2. The Bertz CT molecular complexity index is 1280. The maximum absolute atomic E-state index is 13.2. The largest absolute Gasteiger partial charge is 0.466 e. The Morgan fingerprint density at radius 2 is 1.88 bits per heavy atom. The fraction of sp³-hybridized carbons (Fsp3) is 0.375. The molecule has 0 radical (unpaired) electrons. The molecule has 0 amide bonds. The van der Waals surface area contributed by atoms with Crippen molar-refractivity contribution >= 4 is 50.1 Å². The van der Waals surface area contributed by atoms with Crippen LogP contribution in [0.15, 0.2) is 41.3 Å². The van der Waals surface area contributed by atoms with Crippen molar-refractivity contribution in [1.29, 1.82) is 0 Å². The van der Waals surface area contributed by atoms with Gasteiger partial charge in [-0.3, -0.25) is 4.79 Å². The molecule has 2 N–H and O–H groups in total. The van der Waals surface area contributed by atoms with Gasteiger partial charge in [-0.1, -0.05) is 54.6 Å². The number of nitrogens with one attached hydrogen (secondary N) is 2. The number of esters is 1. The van der Waals surface area contributed by atoms with Gasteiger partial charge in [0.25, 0.3) is 0 Å². The highest BCUT2D eigenvalue weighted by molar-refractivity contribution is 7.89. The zero-order chi connectivity index (χ0) is 23.6. The average molecular weight is 509 g/mol. The van der Waals surface area contributed by atoms with E-state index in [1.54, 1.807) is 24.3 Å². The number of carbonyl (C=O) groups is 1. The fourth-order valence-corrected chi connectivity index (χ4v) is 6.55. The molecule has 2 aromatic carbocycles. The third-order valence-electron chi connectivity index (χ3n) is 5.97. The minimum atomic E-state index is -3.79. The highest BCUT2D eigenvalue weighted by Crippen LogP contribution is 2.37. The summed E-state index contributed by atoms with van der Waals surface area (Å²) in [4.78, 5) is 14.7. The van der Waals surface area contributed by atoms with E-state index in [0.717, 1.165) is 54.3 Å². The number of hydrogen-bond acceptors (Lipinski definition) is 4. The van der Waals surface area contributed by atoms with Crippen LogP contribution in [0.5, 0.6) is 0 Å². The van der Waals surface area contributed by atoms with Gasteiger partial charge in [-0.2, -0.15) is 0 Å². The molecule has 0 spiro atoms. The Hall–Kier alpha value is -2.06. The molecule has 0 atom stereocenters. The van der Waals surface area contributed by atoms with Crippen LogP contribution < -0.4 is 4.72 Å². The summed E-state index contributed by atoms with van der Waals surface area (Å²) in [5.74, 6) is -0.365. The van der Waals surface area contributed by atoms with Crippen LogP contribution in [-0.2, 0) is 26.0 Å². The SMILES string of the molecule is CC(=O)OCCc1c(-c2ccc(Cl)c(S(=O)(=O)NC3CCCCC3)c2)[nH]c2cccc(Cl)c12. The molecule has 1 saturated carbocycles. The maximum Gasteiger partial charge on any atom is 0.302 e. The first-order valence-corrected chi connectivity index (χ1v) is 13.2. The van der Waals surface area contributed by atoms with E-state index < -0.39 is 10.0 Å². The number of carbonyl (C=O) groups excluding carboxylic acids is 1. The first-order chi connectivity index (χ1) is 15.8. The predicted molar refractivity (Wildman–Crippen MR) is 131 cm³/mol. The molecule has 9 heteroatoms. The Kier molecular flexibility index (Phi) is 7.34. The molecule has 0 unspecified atom stereocenters. The molecule has 0 saturated heterocycles. The third-order valence-corrected chi connectivity index (χ3v) is 8.29. The molecule has 33 heavy (non-hydrogen) atoms. The number of H-pyrrole nitrogens is 1. The zero-order valence-corrected chi connectivity index (χ0v) is 20.6. The van der Waals surface area contributed by atoms with Crippen LogP contribution in [0, 0.1) is 0 Å². The number of aromatic amines is 1. The second kappa shape index (κ2) is 10.1. The van der Waals surface area contributed by atoms with E-state index in [0.29, 0.717) is 17.0 Å². The highest BCUT2D eigenvalue weighted by atomic mass is 35.5. The lowest BCUT2D eigenvalue weighted by atomic mass is 9.96. The highest BCUT2D eigenvalue weighted by Gasteiger charge is 2.25. The average Bonchev–Trinajstić information content (AvgIpc) is 3.14. The first kappa shape index (κ1) is 24.1. The van der Waals surface area contributed by atoms with Gasteiger partial charge in [0, 0.05) is 36.0 Å².